The Bertz CT molecular complexity index is 1120. The summed E-state index contributed by atoms with van der Waals surface area (Å²) in [6.07, 6.45) is 4.69. The van der Waals surface area contributed by atoms with E-state index in [4.69, 9.17) is 0 Å². The molecule has 0 fully saturated rings. The number of amides is 1. The number of nitrogens with zero attached hydrogens (tertiary/aromatic N) is 4. The van der Waals surface area contributed by atoms with E-state index in [9.17, 15) is 4.79 Å². The van der Waals surface area contributed by atoms with E-state index in [0.717, 1.165) is 56.8 Å². The van der Waals surface area contributed by atoms with Crippen LogP contribution in [0.4, 0.5) is 5.69 Å². The fraction of sp³-hybridized carbons (Fsp3) is 0.438. The number of carbonyl (C=O) groups excluding carboxylic acids is 1. The van der Waals surface area contributed by atoms with Crippen molar-refractivity contribution in [3.63, 3.8) is 0 Å². The second kappa shape index (κ2) is 14.5. The third kappa shape index (κ3) is 8.06. The molecule has 1 N–H and O–H groups in total. The number of carbonyl (C=O) groups is 1. The molecule has 0 aromatic heterocycles. The van der Waals surface area contributed by atoms with E-state index in [1.807, 2.05) is 17.9 Å². The van der Waals surface area contributed by atoms with E-state index >= 15 is 0 Å². The number of likely N-dealkylation sites (N-methyl/N-ethyl adjacent to an activating group) is 1. The van der Waals surface area contributed by atoms with E-state index in [1.165, 1.54) is 11.1 Å². The lowest BCUT2D eigenvalue weighted by atomic mass is 9.98. The summed E-state index contributed by atoms with van der Waals surface area (Å²) in [5.74, 6) is 0.809. The second-order valence-electron chi connectivity index (χ2n) is 10.2. The molecular formula is C32H45N5O. The highest BCUT2D eigenvalue weighted by atomic mass is 16.2. The van der Waals surface area contributed by atoms with Gasteiger partial charge in [0.2, 0.25) is 0 Å². The van der Waals surface area contributed by atoms with E-state index in [0.29, 0.717) is 17.9 Å². The van der Waals surface area contributed by atoms with Crippen LogP contribution < -0.4 is 10.2 Å². The summed E-state index contributed by atoms with van der Waals surface area (Å²) in [5, 5.41) is 3.12. The maximum absolute atomic E-state index is 14.0. The molecule has 0 aliphatic carbocycles. The lowest BCUT2D eigenvalue weighted by Crippen LogP contribution is -2.34. The molecule has 1 heterocycles. The normalized spacial score (nSPS) is 15.4. The molecule has 6 heteroatoms. The molecule has 38 heavy (non-hydrogen) atoms. The Morgan fingerprint density at radius 3 is 2.58 bits per heavy atom. The van der Waals surface area contributed by atoms with Crippen LogP contribution in [0.5, 0.6) is 0 Å². The minimum Gasteiger partial charge on any atom is -0.375 e. The van der Waals surface area contributed by atoms with Crippen molar-refractivity contribution in [2.45, 2.75) is 46.6 Å². The van der Waals surface area contributed by atoms with Crippen molar-refractivity contribution in [1.82, 2.24) is 15.1 Å². The van der Waals surface area contributed by atoms with E-state index in [-0.39, 0.29) is 11.8 Å². The number of benzene rings is 2. The highest BCUT2D eigenvalue weighted by molar-refractivity contribution is 6.19. The summed E-state index contributed by atoms with van der Waals surface area (Å²) in [6.45, 7) is 14.4. The van der Waals surface area contributed by atoms with Crippen LogP contribution in [0.1, 0.15) is 44.7 Å². The van der Waals surface area contributed by atoms with Crippen LogP contribution in [-0.4, -0.2) is 62.2 Å². The van der Waals surface area contributed by atoms with Crippen molar-refractivity contribution in [2.75, 3.05) is 45.2 Å². The summed E-state index contributed by atoms with van der Waals surface area (Å²) in [4.78, 5) is 25.0. The number of hydrogen-bond donors (Lipinski definition) is 1. The van der Waals surface area contributed by atoms with Gasteiger partial charge in [-0.25, -0.2) is 4.99 Å². The Balaban J connectivity index is 1.76. The molecule has 1 aliphatic rings. The van der Waals surface area contributed by atoms with Gasteiger partial charge in [0.1, 0.15) is 5.82 Å². The van der Waals surface area contributed by atoms with Gasteiger partial charge in [-0.1, -0.05) is 62.9 Å². The fourth-order valence-corrected chi connectivity index (χ4v) is 4.93. The molecule has 2 aromatic rings. The van der Waals surface area contributed by atoms with E-state index < -0.39 is 0 Å². The van der Waals surface area contributed by atoms with Gasteiger partial charge in [-0.2, -0.15) is 0 Å². The highest BCUT2D eigenvalue weighted by Gasteiger charge is 2.29. The molecule has 1 unspecified atom stereocenters. The smallest absolute Gasteiger partial charge is 0.261 e. The van der Waals surface area contributed by atoms with Gasteiger partial charge in [0.15, 0.2) is 0 Å². The van der Waals surface area contributed by atoms with Crippen LogP contribution in [0.2, 0.25) is 0 Å². The summed E-state index contributed by atoms with van der Waals surface area (Å²) in [7, 11) is 4.25. The first-order valence-electron chi connectivity index (χ1n) is 13.9. The number of aliphatic imine (C=N–C) groups is 1. The van der Waals surface area contributed by atoms with Gasteiger partial charge < -0.3 is 20.0 Å². The molecule has 0 bridgehead atoms. The average molecular weight is 516 g/mol. The largest absolute Gasteiger partial charge is 0.375 e. The van der Waals surface area contributed by atoms with Crippen LogP contribution >= 0.6 is 0 Å². The van der Waals surface area contributed by atoms with E-state index in [2.05, 4.69) is 103 Å². The van der Waals surface area contributed by atoms with Crippen LogP contribution in [0, 0.1) is 5.92 Å². The van der Waals surface area contributed by atoms with Gasteiger partial charge in [-0.05, 0) is 69.0 Å². The van der Waals surface area contributed by atoms with Crippen molar-refractivity contribution >= 4 is 17.8 Å². The van der Waals surface area contributed by atoms with Gasteiger partial charge in [-0.15, -0.1) is 0 Å². The molecule has 3 rings (SSSR count). The number of anilines is 1. The molecule has 2 aromatic carbocycles. The van der Waals surface area contributed by atoms with Crippen LogP contribution in [0.25, 0.3) is 0 Å². The lowest BCUT2D eigenvalue weighted by Gasteiger charge is -2.26. The van der Waals surface area contributed by atoms with Gasteiger partial charge in [0.05, 0.1) is 5.57 Å². The van der Waals surface area contributed by atoms with Crippen LogP contribution in [0.3, 0.4) is 0 Å². The maximum atomic E-state index is 14.0. The molecule has 1 amide bonds. The van der Waals surface area contributed by atoms with Crippen molar-refractivity contribution in [2.24, 2.45) is 10.9 Å². The third-order valence-corrected chi connectivity index (χ3v) is 7.15. The average Bonchev–Trinajstić information content (AvgIpc) is 3.03. The Morgan fingerprint density at radius 1 is 1.13 bits per heavy atom. The topological polar surface area (TPSA) is 51.2 Å². The predicted octanol–water partition coefficient (Wildman–Crippen LogP) is 5.48. The first-order valence-corrected chi connectivity index (χ1v) is 13.9. The minimum absolute atomic E-state index is 0.00237. The number of hydrogen-bond acceptors (Lipinski definition) is 5. The van der Waals surface area contributed by atoms with Gasteiger partial charge >= 0.3 is 0 Å². The number of allylic oxidation sites excluding steroid dienone is 1. The fourth-order valence-electron chi connectivity index (χ4n) is 4.93. The Kier molecular flexibility index (Phi) is 11.2. The lowest BCUT2D eigenvalue weighted by molar-refractivity contribution is -0.114. The van der Waals surface area contributed by atoms with E-state index in [1.54, 1.807) is 6.21 Å². The molecule has 1 aliphatic heterocycles. The van der Waals surface area contributed by atoms with Crippen LogP contribution in [0.15, 0.2) is 83.3 Å². The summed E-state index contributed by atoms with van der Waals surface area (Å²) in [6, 6.07) is 19.0. The molecule has 0 saturated heterocycles. The van der Waals surface area contributed by atoms with Gasteiger partial charge in [-0.3, -0.25) is 4.79 Å². The van der Waals surface area contributed by atoms with Crippen molar-refractivity contribution in [3.8, 4) is 0 Å². The standard InChI is InChI=1S/C32H45N5O/c1-7-25(3)31-30(23-34-26(4)33-8-2)32(38)37(21-20-36(31)6)29-18-12-16-27(22-29)17-13-19-35(5)24-28-14-10-9-11-15-28/h9-12,14-16,18,22-23,25,33H,4,7-8,13,17,19-21,24H2,1-3,5-6H3. The second-order valence-corrected chi connectivity index (χ2v) is 10.2. The Labute approximate surface area is 229 Å². The summed E-state index contributed by atoms with van der Waals surface area (Å²) >= 11 is 0. The summed E-state index contributed by atoms with van der Waals surface area (Å²) in [5.41, 5.74) is 5.22. The first kappa shape index (κ1) is 29.2. The minimum atomic E-state index is -0.00237. The zero-order valence-electron chi connectivity index (χ0n) is 23.9. The zero-order valence-corrected chi connectivity index (χ0v) is 23.9. The van der Waals surface area contributed by atoms with Gasteiger partial charge in [0.25, 0.3) is 5.91 Å². The van der Waals surface area contributed by atoms with Crippen molar-refractivity contribution < 1.29 is 4.79 Å². The van der Waals surface area contributed by atoms with Crippen molar-refractivity contribution in [1.29, 1.82) is 0 Å². The monoisotopic (exact) mass is 515 g/mol. The highest BCUT2D eigenvalue weighted by Crippen LogP contribution is 2.28. The molecule has 204 valence electrons. The summed E-state index contributed by atoms with van der Waals surface area (Å²) < 4.78 is 0. The Hall–Kier alpha value is -3.38. The molecular weight excluding hydrogens is 470 g/mol. The first-order chi connectivity index (χ1) is 18.3. The van der Waals surface area contributed by atoms with Crippen LogP contribution in [-0.2, 0) is 17.8 Å². The molecule has 6 nitrogen and oxygen atoms in total. The van der Waals surface area contributed by atoms with Gasteiger partial charge in [0, 0.05) is 50.8 Å². The molecule has 0 spiro atoms. The number of rotatable bonds is 13. The third-order valence-electron chi connectivity index (χ3n) is 7.15. The Morgan fingerprint density at radius 2 is 1.87 bits per heavy atom. The SMILES string of the molecule is C=C(N=CC1=C(C(C)CC)N(C)CCN(c2cccc(CCCN(C)Cc3ccccc3)c2)C1=O)NCC. The number of aryl methyl sites for hydroxylation is 1. The maximum Gasteiger partial charge on any atom is 0.261 e. The zero-order chi connectivity index (χ0) is 27.5. The molecule has 1 atom stereocenters. The predicted molar refractivity (Wildman–Crippen MR) is 160 cm³/mol. The molecule has 0 saturated carbocycles. The quantitative estimate of drug-likeness (QED) is 0.359. The number of nitrogens with one attached hydrogen (secondary N) is 1. The van der Waals surface area contributed by atoms with Crippen molar-refractivity contribution in [3.05, 3.63) is 89.4 Å². The molecule has 0 radical (unpaired) electrons.